The molecule has 0 unspecified atom stereocenters. The molecule has 35 heavy (non-hydrogen) atoms. The third-order valence-electron chi connectivity index (χ3n) is 6.57. The van der Waals surface area contributed by atoms with Crippen molar-refractivity contribution in [2.45, 2.75) is 38.9 Å². The topological polar surface area (TPSA) is 70.0 Å². The molecule has 1 aliphatic heterocycles. The van der Waals surface area contributed by atoms with Crippen molar-refractivity contribution in [3.63, 3.8) is 0 Å². The van der Waals surface area contributed by atoms with Crippen molar-refractivity contribution in [1.82, 2.24) is 0 Å². The van der Waals surface area contributed by atoms with Gasteiger partial charge in [-0.3, -0.25) is 0 Å². The van der Waals surface area contributed by atoms with E-state index in [1.165, 1.54) is 23.7 Å². The van der Waals surface area contributed by atoms with E-state index >= 15 is 0 Å². The maximum absolute atomic E-state index is 11.3. The first-order chi connectivity index (χ1) is 16.8. The third kappa shape index (κ3) is 5.77. The number of aliphatic hydroxyl groups excluding tert-OH is 1. The highest BCUT2D eigenvalue weighted by molar-refractivity contribution is 6.89. The quantitative estimate of drug-likeness (QED) is 0.301. The highest BCUT2D eigenvalue weighted by Crippen LogP contribution is 2.36. The van der Waals surface area contributed by atoms with Gasteiger partial charge in [-0.2, -0.15) is 0 Å². The summed E-state index contributed by atoms with van der Waals surface area (Å²) in [5.74, 6) is -0.137. The molecule has 1 saturated heterocycles. The summed E-state index contributed by atoms with van der Waals surface area (Å²) in [6.45, 7) is 9.96. The molecule has 0 aromatic heterocycles. The van der Waals surface area contributed by atoms with Gasteiger partial charge >= 0.3 is 5.97 Å². The van der Waals surface area contributed by atoms with Gasteiger partial charge in [-0.15, -0.1) is 0 Å². The molecule has 1 fully saturated rings. The summed E-state index contributed by atoms with van der Waals surface area (Å²) >= 11 is 0. The molecule has 6 heteroatoms. The van der Waals surface area contributed by atoms with Crippen molar-refractivity contribution in [2.24, 2.45) is 0 Å². The van der Waals surface area contributed by atoms with Crippen LogP contribution in [-0.2, 0) is 0 Å². The maximum Gasteiger partial charge on any atom is 0.335 e. The number of nitrogens with zero attached hydrogens (tertiary/aromatic N) is 1. The fourth-order valence-corrected chi connectivity index (χ4v) is 6.25. The van der Waals surface area contributed by atoms with Crippen LogP contribution in [0.4, 0.5) is 5.69 Å². The molecule has 184 valence electrons. The van der Waals surface area contributed by atoms with Crippen LogP contribution < -0.4 is 14.8 Å². The summed E-state index contributed by atoms with van der Waals surface area (Å²) in [6.07, 6.45) is 3.07. The van der Waals surface area contributed by atoms with E-state index in [9.17, 15) is 15.0 Å². The number of carboxylic acid groups (broad SMARTS) is 1. The zero-order valence-corrected chi connectivity index (χ0v) is 21.9. The van der Waals surface area contributed by atoms with Crippen LogP contribution >= 0.6 is 0 Å². The molecule has 0 aliphatic carbocycles. The van der Waals surface area contributed by atoms with Crippen LogP contribution in [0.15, 0.2) is 60.7 Å². The van der Waals surface area contributed by atoms with Crippen molar-refractivity contribution in [2.75, 3.05) is 31.2 Å². The fraction of sp³-hybridized carbons (Fsp3) is 0.345. The van der Waals surface area contributed by atoms with Gasteiger partial charge in [0.1, 0.15) is 5.75 Å². The van der Waals surface area contributed by atoms with Gasteiger partial charge < -0.3 is 19.8 Å². The van der Waals surface area contributed by atoms with Crippen LogP contribution in [-0.4, -0.2) is 50.6 Å². The minimum Gasteiger partial charge on any atom is -0.493 e. The van der Waals surface area contributed by atoms with Gasteiger partial charge in [-0.1, -0.05) is 50.0 Å². The number of hydrogen-bond donors (Lipinski definition) is 2. The molecule has 0 atom stereocenters. The van der Waals surface area contributed by atoms with Gasteiger partial charge in [-0.25, -0.2) is 4.79 Å². The van der Waals surface area contributed by atoms with E-state index in [2.05, 4.69) is 48.8 Å². The number of hydrogen-bond acceptors (Lipinski definition) is 4. The minimum atomic E-state index is -1.62. The van der Waals surface area contributed by atoms with Gasteiger partial charge in [0.05, 0.1) is 20.2 Å². The number of benzene rings is 3. The molecule has 0 amide bonds. The van der Waals surface area contributed by atoms with E-state index in [4.69, 9.17) is 4.74 Å². The first-order valence-corrected chi connectivity index (χ1v) is 15.9. The fourth-order valence-electron chi connectivity index (χ4n) is 4.65. The number of anilines is 1. The highest BCUT2D eigenvalue weighted by Gasteiger charge is 2.25. The molecule has 3 aromatic carbocycles. The molecule has 5 nitrogen and oxygen atoms in total. The molecule has 1 heterocycles. The lowest BCUT2D eigenvalue weighted by atomic mass is 9.97. The Morgan fingerprint density at radius 1 is 0.914 bits per heavy atom. The van der Waals surface area contributed by atoms with Gasteiger partial charge in [0.15, 0.2) is 0 Å². The van der Waals surface area contributed by atoms with Crippen LogP contribution in [0, 0.1) is 0 Å². The third-order valence-corrected chi connectivity index (χ3v) is 8.58. The number of carboxylic acids is 1. The molecule has 4 rings (SSSR count). The molecule has 2 N–H and O–H groups in total. The average Bonchev–Trinajstić information content (AvgIpc) is 3.38. The lowest BCUT2D eigenvalue weighted by Gasteiger charge is -2.28. The SMILES string of the molecule is C[Si](C)(C)c1cc(-c2cc(-c3ccc(C(=O)O)cc3)ccc2OCCCO)ccc1N1CCCC1. The highest BCUT2D eigenvalue weighted by atomic mass is 28.3. The van der Waals surface area contributed by atoms with Crippen molar-refractivity contribution < 1.29 is 19.7 Å². The summed E-state index contributed by atoms with van der Waals surface area (Å²) in [7, 11) is -1.62. The maximum atomic E-state index is 11.3. The second kappa shape index (κ2) is 10.7. The van der Waals surface area contributed by atoms with Crippen LogP contribution in [0.1, 0.15) is 29.6 Å². The largest absolute Gasteiger partial charge is 0.493 e. The molecule has 1 aliphatic rings. The first kappa shape index (κ1) is 25.0. The summed E-state index contributed by atoms with van der Waals surface area (Å²) < 4.78 is 6.09. The number of aromatic carboxylic acids is 1. The zero-order valence-electron chi connectivity index (χ0n) is 20.9. The predicted molar refractivity (Wildman–Crippen MR) is 146 cm³/mol. The van der Waals surface area contributed by atoms with Crippen molar-refractivity contribution >= 4 is 24.9 Å². The van der Waals surface area contributed by atoms with Gasteiger partial charge in [0, 0.05) is 37.4 Å². The summed E-state index contributed by atoms with van der Waals surface area (Å²) in [5.41, 5.74) is 5.73. The smallest absolute Gasteiger partial charge is 0.335 e. The number of aliphatic hydroxyl groups is 1. The summed E-state index contributed by atoms with van der Waals surface area (Å²) in [4.78, 5) is 13.8. The Bertz CT molecular complexity index is 1180. The molecule has 3 aromatic rings. The summed E-state index contributed by atoms with van der Waals surface area (Å²) in [5, 5.41) is 19.9. The lowest BCUT2D eigenvalue weighted by molar-refractivity contribution is 0.0697. The predicted octanol–water partition coefficient (Wildman–Crippen LogP) is 5.63. The Balaban J connectivity index is 1.79. The summed E-state index contributed by atoms with van der Waals surface area (Å²) in [6, 6.07) is 19.9. The van der Waals surface area contributed by atoms with E-state index in [1.807, 2.05) is 24.3 Å². The molecule has 0 saturated carbocycles. The number of rotatable bonds is 9. The normalized spacial score (nSPS) is 13.8. The second-order valence-electron chi connectivity index (χ2n) is 10.2. The Morgan fingerprint density at radius 2 is 1.57 bits per heavy atom. The molecule has 0 spiro atoms. The zero-order chi connectivity index (χ0) is 25.0. The van der Waals surface area contributed by atoms with Crippen LogP contribution in [0.3, 0.4) is 0 Å². The molecule has 0 radical (unpaired) electrons. The van der Waals surface area contributed by atoms with Crippen LogP contribution in [0.2, 0.25) is 19.6 Å². The van der Waals surface area contributed by atoms with Crippen LogP contribution in [0.5, 0.6) is 5.75 Å². The number of ether oxygens (including phenoxy) is 1. The number of carbonyl (C=O) groups is 1. The van der Waals surface area contributed by atoms with Crippen molar-refractivity contribution in [3.05, 3.63) is 66.2 Å². The molecule has 0 bridgehead atoms. The molecular formula is C29H35NO4Si. The van der Waals surface area contributed by atoms with Gasteiger partial charge in [-0.05, 0) is 65.1 Å². The Hall–Kier alpha value is -3.09. The van der Waals surface area contributed by atoms with E-state index < -0.39 is 14.0 Å². The lowest BCUT2D eigenvalue weighted by Crippen LogP contribution is -2.41. The van der Waals surface area contributed by atoms with E-state index in [0.717, 1.165) is 41.1 Å². The monoisotopic (exact) mass is 489 g/mol. The minimum absolute atomic E-state index is 0.0909. The Kier molecular flexibility index (Phi) is 7.62. The second-order valence-corrected chi connectivity index (χ2v) is 15.2. The average molecular weight is 490 g/mol. The van der Waals surface area contributed by atoms with Crippen LogP contribution in [0.25, 0.3) is 22.3 Å². The van der Waals surface area contributed by atoms with Gasteiger partial charge in [0.25, 0.3) is 0 Å². The Morgan fingerprint density at radius 3 is 2.20 bits per heavy atom. The van der Waals surface area contributed by atoms with E-state index in [-0.39, 0.29) is 12.2 Å². The Labute approximate surface area is 209 Å². The first-order valence-electron chi connectivity index (χ1n) is 12.4. The van der Waals surface area contributed by atoms with E-state index in [0.29, 0.717) is 13.0 Å². The van der Waals surface area contributed by atoms with E-state index in [1.54, 1.807) is 12.1 Å². The molecular weight excluding hydrogens is 454 g/mol. The van der Waals surface area contributed by atoms with Crippen molar-refractivity contribution in [3.8, 4) is 28.0 Å². The van der Waals surface area contributed by atoms with Crippen molar-refractivity contribution in [1.29, 1.82) is 0 Å². The standard InChI is InChI=1S/C29H35NO4Si/c1-35(2,3)28-20-24(11-13-26(28)30-15-4-5-16-30)25-19-23(12-14-27(25)34-18-6-17-31)21-7-9-22(10-8-21)29(32)33/h7-14,19-20,31H,4-6,15-18H2,1-3H3,(H,32,33). The van der Waals surface area contributed by atoms with Gasteiger partial charge in [0.2, 0.25) is 0 Å².